The van der Waals surface area contributed by atoms with Gasteiger partial charge in [-0.05, 0) is 30.9 Å². The Balaban J connectivity index is 1.57. The molecule has 0 saturated carbocycles. The number of hydrogen-bond acceptors (Lipinski definition) is 6. The van der Waals surface area contributed by atoms with Gasteiger partial charge in [-0.2, -0.15) is 0 Å². The Morgan fingerprint density at radius 3 is 2.52 bits per heavy atom. The number of amides is 1. The van der Waals surface area contributed by atoms with Crippen molar-refractivity contribution in [3.8, 4) is 11.5 Å². The number of nitro benzene ring substituents is 1. The second kappa shape index (κ2) is 9.01. The van der Waals surface area contributed by atoms with Crippen molar-refractivity contribution in [2.75, 3.05) is 36.5 Å². The first-order valence-corrected chi connectivity index (χ1v) is 10.7. The van der Waals surface area contributed by atoms with Gasteiger partial charge in [0, 0.05) is 43.3 Å². The predicted molar refractivity (Wildman–Crippen MR) is 119 cm³/mol. The molecule has 0 atom stereocenters. The molecule has 0 aromatic heterocycles. The van der Waals surface area contributed by atoms with E-state index in [0.717, 1.165) is 32.4 Å². The van der Waals surface area contributed by atoms with E-state index in [9.17, 15) is 14.9 Å². The Kier molecular flexibility index (Phi) is 6.18. The standard InChI is InChI=1S/C22H24ClN3O5/c1-14-5-7-25(8-6-14)18-4-3-15(11-19(18)26(28)29)22(27)24-17-13-21-20(12-16(17)23)30-9-2-10-31-21/h3-4,11-14H,2,5-10H2,1H3,(H,24,27). The largest absolute Gasteiger partial charge is 0.490 e. The van der Waals surface area contributed by atoms with Gasteiger partial charge in [-0.25, -0.2) is 0 Å². The number of nitrogens with zero attached hydrogens (tertiary/aromatic N) is 2. The minimum atomic E-state index is -0.488. The average molecular weight is 446 g/mol. The number of nitro groups is 1. The van der Waals surface area contributed by atoms with Gasteiger partial charge in [0.25, 0.3) is 11.6 Å². The van der Waals surface area contributed by atoms with E-state index in [4.69, 9.17) is 21.1 Å². The van der Waals surface area contributed by atoms with Gasteiger partial charge in [-0.1, -0.05) is 18.5 Å². The number of carbonyl (C=O) groups excluding carboxylic acids is 1. The Labute approximate surface area is 185 Å². The molecular weight excluding hydrogens is 422 g/mol. The molecule has 1 amide bonds. The van der Waals surface area contributed by atoms with Gasteiger partial charge in [0.05, 0.1) is 28.8 Å². The summed E-state index contributed by atoms with van der Waals surface area (Å²) < 4.78 is 11.2. The van der Waals surface area contributed by atoms with Crippen LogP contribution in [0.1, 0.15) is 36.5 Å². The van der Waals surface area contributed by atoms with Crippen LogP contribution in [0.5, 0.6) is 11.5 Å². The summed E-state index contributed by atoms with van der Waals surface area (Å²) in [6.45, 7) is 4.75. The molecule has 0 radical (unpaired) electrons. The summed E-state index contributed by atoms with van der Waals surface area (Å²) in [6.07, 6.45) is 2.73. The average Bonchev–Trinajstić information content (AvgIpc) is 2.99. The summed E-state index contributed by atoms with van der Waals surface area (Å²) >= 11 is 6.30. The van der Waals surface area contributed by atoms with Crippen molar-refractivity contribution in [1.82, 2.24) is 0 Å². The first-order chi connectivity index (χ1) is 14.9. The van der Waals surface area contributed by atoms with E-state index in [2.05, 4.69) is 12.2 Å². The number of ether oxygens (including phenoxy) is 2. The molecule has 2 heterocycles. The number of anilines is 2. The fraction of sp³-hybridized carbons (Fsp3) is 0.409. The van der Waals surface area contributed by atoms with Gasteiger partial charge in [0.15, 0.2) is 11.5 Å². The highest BCUT2D eigenvalue weighted by molar-refractivity contribution is 6.34. The fourth-order valence-electron chi connectivity index (χ4n) is 3.80. The number of nitrogens with one attached hydrogen (secondary N) is 1. The lowest BCUT2D eigenvalue weighted by Gasteiger charge is -2.31. The first kappa shape index (κ1) is 21.2. The lowest BCUT2D eigenvalue weighted by molar-refractivity contribution is -0.384. The third kappa shape index (κ3) is 4.69. The third-order valence-electron chi connectivity index (χ3n) is 5.64. The maximum Gasteiger partial charge on any atom is 0.293 e. The van der Waals surface area contributed by atoms with E-state index in [1.165, 1.54) is 6.07 Å². The highest BCUT2D eigenvalue weighted by atomic mass is 35.5. The second-order valence-electron chi connectivity index (χ2n) is 7.91. The van der Waals surface area contributed by atoms with Gasteiger partial charge >= 0.3 is 0 Å². The first-order valence-electron chi connectivity index (χ1n) is 10.4. The van der Waals surface area contributed by atoms with Gasteiger partial charge in [0.2, 0.25) is 0 Å². The van der Waals surface area contributed by atoms with Crippen LogP contribution in [0.2, 0.25) is 5.02 Å². The van der Waals surface area contributed by atoms with Crippen molar-refractivity contribution in [2.24, 2.45) is 5.92 Å². The van der Waals surface area contributed by atoms with Gasteiger partial charge in [-0.15, -0.1) is 0 Å². The number of carbonyl (C=O) groups is 1. The molecular formula is C22H24ClN3O5. The summed E-state index contributed by atoms with van der Waals surface area (Å²) in [5, 5.41) is 14.7. The Morgan fingerprint density at radius 1 is 1.16 bits per heavy atom. The normalized spacial score (nSPS) is 16.5. The quantitative estimate of drug-likeness (QED) is 0.531. The van der Waals surface area contributed by atoms with Gasteiger partial charge in [-0.3, -0.25) is 14.9 Å². The number of hydrogen-bond donors (Lipinski definition) is 1. The monoisotopic (exact) mass is 445 g/mol. The van der Waals surface area contributed by atoms with Crippen molar-refractivity contribution in [3.63, 3.8) is 0 Å². The minimum Gasteiger partial charge on any atom is -0.490 e. The Hall–Kier alpha value is -3.00. The zero-order valence-corrected chi connectivity index (χ0v) is 18.0. The van der Waals surface area contributed by atoms with Crippen LogP contribution >= 0.6 is 11.6 Å². The van der Waals surface area contributed by atoms with Crippen LogP contribution in [0.15, 0.2) is 30.3 Å². The number of piperidine rings is 1. The summed E-state index contributed by atoms with van der Waals surface area (Å²) in [5.41, 5.74) is 1.01. The lowest BCUT2D eigenvalue weighted by atomic mass is 9.98. The van der Waals surface area contributed by atoms with Crippen LogP contribution in [-0.2, 0) is 0 Å². The summed E-state index contributed by atoms with van der Waals surface area (Å²) in [7, 11) is 0. The number of benzene rings is 2. The molecule has 0 bridgehead atoms. The van der Waals surface area contributed by atoms with Crippen molar-refractivity contribution < 1.29 is 19.2 Å². The highest BCUT2D eigenvalue weighted by Crippen LogP contribution is 2.38. The second-order valence-corrected chi connectivity index (χ2v) is 8.32. The van der Waals surface area contributed by atoms with Crippen LogP contribution in [0.4, 0.5) is 17.1 Å². The molecule has 2 aromatic carbocycles. The molecule has 2 aliphatic heterocycles. The number of rotatable bonds is 4. The molecule has 0 spiro atoms. The Bertz CT molecular complexity index is 1000. The molecule has 2 aromatic rings. The highest BCUT2D eigenvalue weighted by Gasteiger charge is 2.25. The topological polar surface area (TPSA) is 93.9 Å². The van der Waals surface area contributed by atoms with Crippen LogP contribution in [0.25, 0.3) is 0 Å². The van der Waals surface area contributed by atoms with E-state index >= 15 is 0 Å². The maximum atomic E-state index is 12.8. The lowest BCUT2D eigenvalue weighted by Crippen LogP contribution is -2.33. The molecule has 0 unspecified atom stereocenters. The van der Waals surface area contributed by atoms with Gasteiger partial charge in [0.1, 0.15) is 5.69 Å². The fourth-order valence-corrected chi connectivity index (χ4v) is 4.00. The number of fused-ring (bicyclic) bond motifs is 1. The maximum absolute atomic E-state index is 12.8. The molecule has 8 nitrogen and oxygen atoms in total. The van der Waals surface area contributed by atoms with Gasteiger partial charge < -0.3 is 19.7 Å². The zero-order chi connectivity index (χ0) is 22.0. The summed E-state index contributed by atoms with van der Waals surface area (Å²) in [5.74, 6) is 1.15. The smallest absolute Gasteiger partial charge is 0.293 e. The zero-order valence-electron chi connectivity index (χ0n) is 17.2. The molecule has 1 fully saturated rings. The van der Waals surface area contributed by atoms with E-state index < -0.39 is 10.8 Å². The van der Waals surface area contributed by atoms with E-state index in [1.807, 2.05) is 4.90 Å². The number of halogens is 1. The van der Waals surface area contributed by atoms with Crippen molar-refractivity contribution in [3.05, 3.63) is 51.0 Å². The third-order valence-corrected chi connectivity index (χ3v) is 5.96. The molecule has 0 aliphatic carbocycles. The van der Waals surface area contributed by atoms with Crippen molar-refractivity contribution in [1.29, 1.82) is 0 Å². The summed E-state index contributed by atoms with van der Waals surface area (Å²) in [4.78, 5) is 26.1. The predicted octanol–water partition coefficient (Wildman–Crippen LogP) is 4.90. The molecule has 31 heavy (non-hydrogen) atoms. The molecule has 164 valence electrons. The van der Waals surface area contributed by atoms with Crippen LogP contribution in [0, 0.1) is 16.0 Å². The summed E-state index contributed by atoms with van der Waals surface area (Å²) in [6, 6.07) is 7.78. The molecule has 1 saturated heterocycles. The molecule has 1 N–H and O–H groups in total. The molecule has 9 heteroatoms. The van der Waals surface area contributed by atoms with Crippen LogP contribution < -0.4 is 19.7 Å². The minimum absolute atomic E-state index is 0.0769. The Morgan fingerprint density at radius 2 is 1.84 bits per heavy atom. The van der Waals surface area contributed by atoms with Crippen molar-refractivity contribution in [2.45, 2.75) is 26.2 Å². The van der Waals surface area contributed by atoms with E-state index in [1.54, 1.807) is 24.3 Å². The van der Waals surface area contributed by atoms with E-state index in [-0.39, 0.29) is 11.3 Å². The van der Waals surface area contributed by atoms with Crippen LogP contribution in [-0.4, -0.2) is 37.1 Å². The van der Waals surface area contributed by atoms with Crippen LogP contribution in [0.3, 0.4) is 0 Å². The molecule has 4 rings (SSSR count). The van der Waals surface area contributed by atoms with Crippen molar-refractivity contribution >= 4 is 34.6 Å². The SMILES string of the molecule is CC1CCN(c2ccc(C(=O)Nc3cc4c(cc3Cl)OCCCO4)cc2[N+](=O)[O-])CC1. The molecule has 2 aliphatic rings. The van der Waals surface area contributed by atoms with E-state index in [0.29, 0.717) is 47.0 Å².